The Morgan fingerprint density at radius 1 is 0.615 bits per heavy atom. The molecule has 0 radical (unpaired) electrons. The summed E-state index contributed by atoms with van der Waals surface area (Å²) in [6.45, 7) is 0. The number of quaternary nitrogens is 1. The molecule has 1 nitrogen and oxygen atoms in total. The van der Waals surface area contributed by atoms with E-state index in [2.05, 4.69) is 38.4 Å². The highest BCUT2D eigenvalue weighted by Gasteiger charge is 2.54. The zero-order valence-electron chi connectivity index (χ0n) is 22.5. The Morgan fingerprint density at radius 2 is 1.10 bits per heavy atom. The van der Waals surface area contributed by atoms with Crippen molar-refractivity contribution in [2.24, 2.45) is 5.92 Å². The van der Waals surface area contributed by atoms with Crippen molar-refractivity contribution in [2.75, 3.05) is 14.1 Å². The van der Waals surface area contributed by atoms with Crippen molar-refractivity contribution < 1.29 is 13.2 Å². The zero-order chi connectivity index (χ0) is 27.2. The molecule has 1 aliphatic heterocycles. The molecule has 2 aliphatic rings. The van der Waals surface area contributed by atoms with Crippen LogP contribution in [0.5, 0.6) is 0 Å². The molecule has 0 N–H and O–H groups in total. The van der Waals surface area contributed by atoms with E-state index in [1.807, 2.05) is 36.4 Å². The molecule has 1 aliphatic carbocycles. The van der Waals surface area contributed by atoms with E-state index in [9.17, 15) is 13.2 Å². The largest absolute Gasteiger partial charge is 0.474 e. The van der Waals surface area contributed by atoms with Gasteiger partial charge < -0.3 is 4.39 Å². The van der Waals surface area contributed by atoms with Gasteiger partial charge in [0, 0.05) is 19.7 Å². The predicted octanol–water partition coefficient (Wildman–Crippen LogP) is 7.47. The zero-order valence-corrected chi connectivity index (χ0v) is 22.5. The van der Waals surface area contributed by atoms with Crippen LogP contribution in [-0.4, -0.2) is 20.4 Å². The first-order valence-electron chi connectivity index (χ1n) is 14.0. The first kappa shape index (κ1) is 25.7. The van der Waals surface area contributed by atoms with Gasteiger partial charge in [-0.3, -0.25) is 0 Å². The molecule has 6 rings (SSSR count). The third-order valence-corrected chi connectivity index (χ3v) is 9.36. The van der Waals surface area contributed by atoms with E-state index in [0.29, 0.717) is 10.3 Å². The molecule has 39 heavy (non-hydrogen) atoms. The molecule has 1 fully saturated rings. The number of hydrogen-bond donors (Lipinski definition) is 0. The molecular formula is C34H33BF3N. The summed E-state index contributed by atoms with van der Waals surface area (Å²) in [7, 11) is 4.40. The van der Waals surface area contributed by atoms with Crippen LogP contribution in [0.15, 0.2) is 97.1 Å². The Balaban J connectivity index is 1.83. The number of nitrogens with zero attached hydrogens (tertiary/aromatic N) is 1. The molecule has 198 valence electrons. The first-order chi connectivity index (χ1) is 18.8. The minimum atomic E-state index is -1.88. The van der Waals surface area contributed by atoms with Crippen LogP contribution in [0.4, 0.5) is 18.9 Å². The van der Waals surface area contributed by atoms with Crippen LogP contribution in [0, 0.1) is 23.4 Å². The fraction of sp³-hybridized carbons (Fsp3) is 0.235. The quantitative estimate of drug-likeness (QED) is 0.244. The van der Waals surface area contributed by atoms with Crippen LogP contribution < -0.4 is 15.3 Å². The van der Waals surface area contributed by atoms with Crippen LogP contribution >= 0.6 is 0 Å². The van der Waals surface area contributed by atoms with Gasteiger partial charge in [0.15, 0.2) is 0 Å². The monoisotopic (exact) mass is 523 g/mol. The number of para-hydroxylation sites is 1. The topological polar surface area (TPSA) is 0 Å². The normalized spacial score (nSPS) is 18.6. The number of halogens is 3. The molecule has 0 spiro atoms. The summed E-state index contributed by atoms with van der Waals surface area (Å²) in [4.78, 5) is 0. The van der Waals surface area contributed by atoms with Crippen molar-refractivity contribution in [3.8, 4) is 0 Å². The lowest BCUT2D eigenvalue weighted by molar-refractivity contribution is 0.429. The molecule has 0 amide bonds. The highest BCUT2D eigenvalue weighted by molar-refractivity contribution is 7.16. The van der Waals surface area contributed by atoms with Crippen LogP contribution in [-0.2, 0) is 0 Å². The lowest BCUT2D eigenvalue weighted by Gasteiger charge is -2.61. The van der Waals surface area contributed by atoms with Crippen LogP contribution in [0.1, 0.15) is 43.2 Å². The maximum atomic E-state index is 14.4. The van der Waals surface area contributed by atoms with E-state index in [-0.39, 0.29) is 17.5 Å². The minimum Gasteiger partial charge on any atom is -0.474 e. The van der Waals surface area contributed by atoms with E-state index in [1.165, 1.54) is 72.5 Å². The second kappa shape index (κ2) is 9.88. The summed E-state index contributed by atoms with van der Waals surface area (Å²) in [6.07, 6.45) is 3.84. The Hall–Kier alpha value is -3.57. The van der Waals surface area contributed by atoms with Gasteiger partial charge in [0.25, 0.3) is 6.28 Å². The second-order valence-electron chi connectivity index (χ2n) is 11.6. The standard InChI is InChI=1S/C34H33BF3N/c1-39(2)32-11-7-6-10-31(32)33(24-8-4-3-5-9-24)34(25-12-18-28(36)19-13-25)35(39,26-14-20-29(37)21-15-26)27-16-22-30(38)23-17-27/h6-7,10-24H,3-5,8-9H2,1-2H3. The number of allylic oxidation sites excluding steroid dienone is 1. The van der Waals surface area contributed by atoms with E-state index in [1.54, 1.807) is 0 Å². The predicted molar refractivity (Wildman–Crippen MR) is 158 cm³/mol. The molecule has 0 aromatic heterocycles. The highest BCUT2D eigenvalue weighted by atomic mass is 19.1. The summed E-state index contributed by atoms with van der Waals surface area (Å²) >= 11 is 0. The summed E-state index contributed by atoms with van der Waals surface area (Å²) in [6, 6.07) is 29.0. The van der Waals surface area contributed by atoms with Crippen LogP contribution in [0.3, 0.4) is 0 Å². The summed E-state index contributed by atoms with van der Waals surface area (Å²) in [5, 5.41) is 0. The van der Waals surface area contributed by atoms with Crippen molar-refractivity contribution in [1.82, 2.24) is 4.39 Å². The van der Waals surface area contributed by atoms with E-state index in [4.69, 9.17) is 0 Å². The maximum Gasteiger partial charge on any atom is 0.296 e. The SMILES string of the molecule is C[N+]1(C)c2ccccc2C(C2CCCCC2)=C(c2ccc(F)cc2)[B-]1(c1ccc(F)cc1)c1ccc(F)cc1. The van der Waals surface area contributed by atoms with Crippen molar-refractivity contribution in [3.05, 3.63) is 126 Å². The molecular weight excluding hydrogens is 490 g/mol. The average molecular weight is 523 g/mol. The smallest absolute Gasteiger partial charge is 0.296 e. The summed E-state index contributed by atoms with van der Waals surface area (Å²) in [5.74, 6) is -0.553. The molecule has 0 saturated heterocycles. The van der Waals surface area contributed by atoms with Gasteiger partial charge in [-0.2, -0.15) is 0 Å². The van der Waals surface area contributed by atoms with Crippen LogP contribution in [0.2, 0.25) is 0 Å². The molecule has 4 aromatic carbocycles. The fourth-order valence-electron chi connectivity index (χ4n) is 7.72. The van der Waals surface area contributed by atoms with Gasteiger partial charge in [-0.05, 0) is 67.3 Å². The molecule has 4 aromatic rings. The minimum absolute atomic E-state index is 0.287. The molecule has 1 heterocycles. The fourth-order valence-corrected chi connectivity index (χ4v) is 7.72. The van der Waals surface area contributed by atoms with Gasteiger partial charge in [-0.1, -0.05) is 78.9 Å². The summed E-state index contributed by atoms with van der Waals surface area (Å²) in [5.41, 5.74) is 7.72. The van der Waals surface area contributed by atoms with Gasteiger partial charge in [-0.25, -0.2) is 13.2 Å². The lowest BCUT2D eigenvalue weighted by Crippen LogP contribution is -2.80. The molecule has 0 bridgehead atoms. The second-order valence-corrected chi connectivity index (χ2v) is 11.6. The van der Waals surface area contributed by atoms with E-state index in [0.717, 1.165) is 34.8 Å². The van der Waals surface area contributed by atoms with Crippen molar-refractivity contribution in [3.63, 3.8) is 0 Å². The maximum absolute atomic E-state index is 14.4. The van der Waals surface area contributed by atoms with Gasteiger partial charge >= 0.3 is 0 Å². The van der Waals surface area contributed by atoms with Crippen molar-refractivity contribution in [2.45, 2.75) is 32.1 Å². The number of fused-ring (bicyclic) bond motifs is 1. The highest BCUT2D eigenvalue weighted by Crippen LogP contribution is 2.52. The first-order valence-corrected chi connectivity index (χ1v) is 14.0. The van der Waals surface area contributed by atoms with Crippen molar-refractivity contribution >= 4 is 33.9 Å². The number of rotatable bonds is 4. The molecule has 0 unspecified atom stereocenters. The van der Waals surface area contributed by atoms with Gasteiger partial charge in [0.05, 0.1) is 5.69 Å². The Kier molecular flexibility index (Phi) is 6.51. The molecule has 1 saturated carbocycles. The number of benzene rings is 4. The van der Waals surface area contributed by atoms with Gasteiger partial charge in [0.1, 0.15) is 17.5 Å². The van der Waals surface area contributed by atoms with E-state index >= 15 is 0 Å². The Bertz CT molecular complexity index is 1470. The molecule has 0 atom stereocenters. The lowest BCUT2D eigenvalue weighted by atomic mass is 9.19. The van der Waals surface area contributed by atoms with Crippen LogP contribution in [0.25, 0.3) is 11.0 Å². The number of hydrogen-bond acceptors (Lipinski definition) is 0. The Labute approximate surface area is 229 Å². The van der Waals surface area contributed by atoms with Gasteiger partial charge in [0.2, 0.25) is 0 Å². The third kappa shape index (κ3) is 4.06. The van der Waals surface area contributed by atoms with E-state index < -0.39 is 6.28 Å². The molecule has 5 heteroatoms. The van der Waals surface area contributed by atoms with Gasteiger partial charge in [-0.15, -0.1) is 16.4 Å². The Morgan fingerprint density at radius 3 is 1.64 bits per heavy atom. The average Bonchev–Trinajstić information content (AvgIpc) is 2.95. The summed E-state index contributed by atoms with van der Waals surface area (Å²) < 4.78 is 43.6. The van der Waals surface area contributed by atoms with Crippen molar-refractivity contribution in [1.29, 1.82) is 0 Å². The third-order valence-electron chi connectivity index (χ3n) is 9.36.